The molecule has 0 radical (unpaired) electrons. The summed E-state index contributed by atoms with van der Waals surface area (Å²) >= 11 is 6.15. The van der Waals surface area contributed by atoms with Gasteiger partial charge in [0, 0.05) is 23.9 Å². The third-order valence-electron chi connectivity index (χ3n) is 4.49. The number of fused-ring (bicyclic) bond motifs is 1. The van der Waals surface area contributed by atoms with Crippen molar-refractivity contribution in [2.24, 2.45) is 5.92 Å². The lowest BCUT2D eigenvalue weighted by Crippen LogP contribution is -2.35. The molecule has 20 heavy (non-hydrogen) atoms. The lowest BCUT2D eigenvalue weighted by Gasteiger charge is -2.34. The minimum atomic E-state index is 0.481. The van der Waals surface area contributed by atoms with Gasteiger partial charge in [0.15, 0.2) is 11.0 Å². The summed E-state index contributed by atoms with van der Waals surface area (Å²) in [7, 11) is 2.13. The van der Waals surface area contributed by atoms with Gasteiger partial charge in [0.1, 0.15) is 0 Å². The molecule has 1 heterocycles. The molecule has 0 N–H and O–H groups in total. The first-order valence-corrected chi connectivity index (χ1v) is 7.68. The van der Waals surface area contributed by atoms with Gasteiger partial charge in [-0.3, -0.25) is 0 Å². The van der Waals surface area contributed by atoms with Crippen LogP contribution in [0.2, 0.25) is 5.15 Å². The van der Waals surface area contributed by atoms with E-state index in [0.717, 1.165) is 22.5 Å². The summed E-state index contributed by atoms with van der Waals surface area (Å²) in [6.07, 6.45) is 5.06. The van der Waals surface area contributed by atoms with Crippen LogP contribution in [0.3, 0.4) is 0 Å². The first kappa shape index (κ1) is 13.6. The molecular weight excluding hydrogens is 270 g/mol. The molecule has 0 atom stereocenters. The molecule has 106 valence electrons. The topological polar surface area (TPSA) is 29.0 Å². The summed E-state index contributed by atoms with van der Waals surface area (Å²) in [6.45, 7) is 2.34. The molecule has 1 aromatic carbocycles. The highest BCUT2D eigenvalue weighted by Crippen LogP contribution is 2.32. The van der Waals surface area contributed by atoms with E-state index in [0.29, 0.717) is 11.2 Å². The van der Waals surface area contributed by atoms with Crippen molar-refractivity contribution in [3.05, 3.63) is 29.4 Å². The number of aromatic nitrogens is 2. The van der Waals surface area contributed by atoms with E-state index in [4.69, 9.17) is 11.6 Å². The Bertz CT molecular complexity index is 606. The Balaban J connectivity index is 1.95. The van der Waals surface area contributed by atoms with Crippen molar-refractivity contribution in [3.63, 3.8) is 0 Å². The number of anilines is 1. The summed E-state index contributed by atoms with van der Waals surface area (Å²) in [6, 6.07) is 8.66. The molecule has 1 aromatic heterocycles. The Hall–Kier alpha value is -1.35. The first-order valence-electron chi connectivity index (χ1n) is 7.30. The molecule has 0 spiro atoms. The van der Waals surface area contributed by atoms with Gasteiger partial charge in [0.05, 0.1) is 0 Å². The van der Waals surface area contributed by atoms with Gasteiger partial charge in [0.25, 0.3) is 0 Å². The van der Waals surface area contributed by atoms with Gasteiger partial charge in [-0.2, -0.15) is 0 Å². The van der Waals surface area contributed by atoms with Gasteiger partial charge in [-0.15, -0.1) is 10.2 Å². The maximum atomic E-state index is 6.15. The summed E-state index contributed by atoms with van der Waals surface area (Å²) in [5.74, 6) is 1.80. The first-order chi connectivity index (χ1) is 9.66. The molecule has 0 saturated heterocycles. The summed E-state index contributed by atoms with van der Waals surface area (Å²) in [4.78, 5) is 2.29. The molecule has 1 aliphatic rings. The van der Waals surface area contributed by atoms with Crippen LogP contribution in [0.25, 0.3) is 10.8 Å². The monoisotopic (exact) mass is 289 g/mol. The van der Waals surface area contributed by atoms with Gasteiger partial charge in [0.2, 0.25) is 0 Å². The molecule has 3 nitrogen and oxygen atoms in total. The van der Waals surface area contributed by atoms with Crippen LogP contribution in [0.1, 0.15) is 32.6 Å². The molecule has 3 rings (SSSR count). The largest absolute Gasteiger partial charge is 0.355 e. The second-order valence-electron chi connectivity index (χ2n) is 5.88. The summed E-state index contributed by atoms with van der Waals surface area (Å²) in [5.41, 5.74) is 0. The third kappa shape index (κ3) is 2.47. The highest BCUT2D eigenvalue weighted by Gasteiger charge is 2.24. The normalized spacial score (nSPS) is 22.9. The quantitative estimate of drug-likeness (QED) is 0.825. The van der Waals surface area contributed by atoms with Gasteiger partial charge in [-0.25, -0.2) is 0 Å². The van der Waals surface area contributed by atoms with Gasteiger partial charge in [-0.05, 0) is 31.6 Å². The fourth-order valence-electron chi connectivity index (χ4n) is 3.12. The van der Waals surface area contributed by atoms with Crippen molar-refractivity contribution in [3.8, 4) is 0 Å². The van der Waals surface area contributed by atoms with Crippen LogP contribution in [0, 0.1) is 5.92 Å². The number of hydrogen-bond acceptors (Lipinski definition) is 3. The standard InChI is InChI=1S/C16H20ClN3/c1-11-7-9-12(10-8-11)20(2)16-14-6-4-3-5-13(14)15(17)18-19-16/h3-6,11-12H,7-10H2,1-2H3. The van der Waals surface area contributed by atoms with E-state index in [1.807, 2.05) is 18.2 Å². The van der Waals surface area contributed by atoms with Crippen LogP contribution in [0.5, 0.6) is 0 Å². The molecule has 1 fully saturated rings. The van der Waals surface area contributed by atoms with Crippen LogP contribution in [-0.4, -0.2) is 23.3 Å². The average Bonchev–Trinajstić information content (AvgIpc) is 2.48. The van der Waals surface area contributed by atoms with E-state index in [1.165, 1.54) is 25.7 Å². The van der Waals surface area contributed by atoms with Crippen LogP contribution in [-0.2, 0) is 0 Å². The van der Waals surface area contributed by atoms with E-state index in [1.54, 1.807) is 0 Å². The van der Waals surface area contributed by atoms with Crippen molar-refractivity contribution in [2.45, 2.75) is 38.6 Å². The Kier molecular flexibility index (Phi) is 3.79. The van der Waals surface area contributed by atoms with Crippen molar-refractivity contribution in [1.82, 2.24) is 10.2 Å². The van der Waals surface area contributed by atoms with E-state index in [-0.39, 0.29) is 0 Å². The molecule has 1 saturated carbocycles. The van der Waals surface area contributed by atoms with Crippen LogP contribution in [0.15, 0.2) is 24.3 Å². The van der Waals surface area contributed by atoms with Crippen LogP contribution < -0.4 is 4.90 Å². The van der Waals surface area contributed by atoms with Crippen LogP contribution >= 0.6 is 11.6 Å². The van der Waals surface area contributed by atoms with E-state index >= 15 is 0 Å². The third-order valence-corrected chi connectivity index (χ3v) is 4.77. The number of nitrogens with zero attached hydrogens (tertiary/aromatic N) is 3. The fourth-order valence-corrected chi connectivity index (χ4v) is 3.32. The van der Waals surface area contributed by atoms with Gasteiger partial charge >= 0.3 is 0 Å². The van der Waals surface area contributed by atoms with Gasteiger partial charge < -0.3 is 4.90 Å². The Morgan fingerprint density at radius 2 is 1.70 bits per heavy atom. The maximum absolute atomic E-state index is 6.15. The Morgan fingerprint density at radius 1 is 1.05 bits per heavy atom. The highest BCUT2D eigenvalue weighted by molar-refractivity contribution is 6.34. The van der Waals surface area contributed by atoms with Crippen molar-refractivity contribution < 1.29 is 0 Å². The number of hydrogen-bond donors (Lipinski definition) is 0. The predicted molar refractivity (Wildman–Crippen MR) is 84.4 cm³/mol. The zero-order chi connectivity index (χ0) is 14.1. The lowest BCUT2D eigenvalue weighted by atomic mass is 9.86. The summed E-state index contributed by atoms with van der Waals surface area (Å²) in [5, 5.41) is 11.0. The molecule has 1 aliphatic carbocycles. The number of benzene rings is 1. The second-order valence-corrected chi connectivity index (χ2v) is 6.24. The molecule has 0 aliphatic heterocycles. The summed E-state index contributed by atoms with van der Waals surface area (Å²) < 4.78 is 0. The van der Waals surface area contributed by atoms with Gasteiger partial charge in [-0.1, -0.05) is 42.8 Å². The number of rotatable bonds is 2. The molecule has 4 heteroatoms. The zero-order valence-electron chi connectivity index (χ0n) is 12.0. The molecule has 0 bridgehead atoms. The van der Waals surface area contributed by atoms with E-state index < -0.39 is 0 Å². The average molecular weight is 290 g/mol. The van der Waals surface area contributed by atoms with E-state index in [2.05, 4.69) is 35.1 Å². The second kappa shape index (κ2) is 5.57. The minimum absolute atomic E-state index is 0.481. The van der Waals surface area contributed by atoms with Crippen LogP contribution in [0.4, 0.5) is 5.82 Å². The highest BCUT2D eigenvalue weighted by atomic mass is 35.5. The Labute approximate surface area is 124 Å². The van der Waals surface area contributed by atoms with Crippen molar-refractivity contribution in [2.75, 3.05) is 11.9 Å². The van der Waals surface area contributed by atoms with Crippen molar-refractivity contribution >= 4 is 28.2 Å². The predicted octanol–water partition coefficient (Wildman–Crippen LogP) is 4.30. The smallest absolute Gasteiger partial charge is 0.159 e. The number of halogens is 1. The molecule has 0 unspecified atom stereocenters. The molecular formula is C16H20ClN3. The van der Waals surface area contributed by atoms with Crippen molar-refractivity contribution in [1.29, 1.82) is 0 Å². The molecule has 0 amide bonds. The fraction of sp³-hybridized carbons (Fsp3) is 0.500. The lowest BCUT2D eigenvalue weighted by molar-refractivity contribution is 0.340. The van der Waals surface area contributed by atoms with E-state index in [9.17, 15) is 0 Å². The SMILES string of the molecule is CC1CCC(N(C)c2nnc(Cl)c3ccccc23)CC1. The Morgan fingerprint density at radius 3 is 2.40 bits per heavy atom. The minimum Gasteiger partial charge on any atom is -0.355 e. The maximum Gasteiger partial charge on any atom is 0.159 e. The molecule has 2 aromatic rings. The zero-order valence-corrected chi connectivity index (χ0v) is 12.8.